The molecule has 0 aliphatic heterocycles. The number of hydrogen-bond acceptors (Lipinski definition) is 3. The summed E-state index contributed by atoms with van der Waals surface area (Å²) in [7, 11) is 1.66. The highest BCUT2D eigenvalue weighted by Crippen LogP contribution is 2.25. The first-order chi connectivity index (χ1) is 7.97. The van der Waals surface area contributed by atoms with Crippen LogP contribution in [0.5, 0.6) is 5.75 Å². The first-order valence-electron chi connectivity index (χ1n) is 5.81. The molecule has 4 nitrogen and oxygen atoms in total. The molecule has 2 aromatic rings. The lowest BCUT2D eigenvalue weighted by molar-refractivity contribution is 0.415. The summed E-state index contributed by atoms with van der Waals surface area (Å²) < 4.78 is 7.36. The average Bonchev–Trinajstić information content (AvgIpc) is 2.65. The number of fused-ring (bicyclic) bond motifs is 1. The van der Waals surface area contributed by atoms with Crippen LogP contribution in [-0.4, -0.2) is 16.7 Å². The Morgan fingerprint density at radius 3 is 2.65 bits per heavy atom. The number of ether oxygens (including phenoxy) is 1. The highest BCUT2D eigenvalue weighted by atomic mass is 16.5. The van der Waals surface area contributed by atoms with Gasteiger partial charge in [-0.25, -0.2) is 4.98 Å². The Hall–Kier alpha value is -1.55. The summed E-state index contributed by atoms with van der Waals surface area (Å²) in [4.78, 5) is 4.62. The van der Waals surface area contributed by atoms with E-state index in [2.05, 4.69) is 16.5 Å². The van der Waals surface area contributed by atoms with E-state index in [-0.39, 0.29) is 0 Å². The number of nitrogens with zero attached hydrogens (tertiary/aromatic N) is 2. The Labute approximate surface area is 101 Å². The van der Waals surface area contributed by atoms with Crippen LogP contribution in [0.1, 0.15) is 26.6 Å². The van der Waals surface area contributed by atoms with E-state index in [0.29, 0.717) is 0 Å². The summed E-state index contributed by atoms with van der Waals surface area (Å²) in [6.45, 7) is 6.90. The van der Waals surface area contributed by atoms with Crippen molar-refractivity contribution in [3.63, 3.8) is 0 Å². The van der Waals surface area contributed by atoms with Crippen LogP contribution in [0.2, 0.25) is 0 Å². The zero-order valence-electron chi connectivity index (χ0n) is 10.8. The summed E-state index contributed by atoms with van der Waals surface area (Å²) >= 11 is 0. The van der Waals surface area contributed by atoms with Gasteiger partial charge in [0.1, 0.15) is 11.6 Å². The molecule has 4 heteroatoms. The molecule has 0 fully saturated rings. The average molecular weight is 233 g/mol. The molecule has 0 saturated heterocycles. The lowest BCUT2D eigenvalue weighted by atomic mass is 10.1. The minimum atomic E-state index is -0.442. The molecule has 0 amide bonds. The van der Waals surface area contributed by atoms with Gasteiger partial charge in [0, 0.05) is 12.6 Å². The maximum Gasteiger partial charge on any atom is 0.129 e. The van der Waals surface area contributed by atoms with Gasteiger partial charge in [-0.2, -0.15) is 0 Å². The van der Waals surface area contributed by atoms with Crippen molar-refractivity contribution in [3.8, 4) is 5.75 Å². The number of methoxy groups -OCH3 is 1. The number of benzene rings is 1. The Kier molecular flexibility index (Phi) is 2.83. The fourth-order valence-electron chi connectivity index (χ4n) is 2.05. The van der Waals surface area contributed by atoms with E-state index in [1.807, 2.05) is 32.0 Å². The molecule has 0 saturated carbocycles. The lowest BCUT2D eigenvalue weighted by Crippen LogP contribution is -2.32. The largest absolute Gasteiger partial charge is 0.497 e. The second-order valence-corrected chi connectivity index (χ2v) is 4.76. The van der Waals surface area contributed by atoms with Crippen LogP contribution >= 0.6 is 0 Å². The van der Waals surface area contributed by atoms with Crippen molar-refractivity contribution in [2.45, 2.75) is 32.9 Å². The Morgan fingerprint density at radius 1 is 1.41 bits per heavy atom. The second kappa shape index (κ2) is 4.04. The lowest BCUT2D eigenvalue weighted by Gasteiger charge is -2.19. The van der Waals surface area contributed by atoms with Crippen LogP contribution in [0.15, 0.2) is 18.2 Å². The predicted molar refractivity (Wildman–Crippen MR) is 69.2 cm³/mol. The van der Waals surface area contributed by atoms with E-state index in [4.69, 9.17) is 10.5 Å². The van der Waals surface area contributed by atoms with Crippen LogP contribution in [0, 0.1) is 0 Å². The molecule has 2 rings (SSSR count). The fourth-order valence-corrected chi connectivity index (χ4v) is 2.05. The van der Waals surface area contributed by atoms with Gasteiger partial charge in [0.05, 0.1) is 23.7 Å². The number of nitrogens with two attached hydrogens (primary N) is 1. The number of aryl methyl sites for hydroxylation is 1. The van der Waals surface area contributed by atoms with Gasteiger partial charge >= 0.3 is 0 Å². The van der Waals surface area contributed by atoms with Crippen LogP contribution in [0.3, 0.4) is 0 Å². The summed E-state index contributed by atoms with van der Waals surface area (Å²) in [6, 6.07) is 5.92. The predicted octanol–water partition coefficient (Wildman–Crippen LogP) is 2.26. The molecule has 0 radical (unpaired) electrons. The molecule has 2 N–H and O–H groups in total. The molecule has 1 aromatic heterocycles. The van der Waals surface area contributed by atoms with Crippen LogP contribution in [0.25, 0.3) is 11.0 Å². The maximum atomic E-state index is 6.15. The van der Waals surface area contributed by atoms with Crippen molar-refractivity contribution in [1.29, 1.82) is 0 Å². The van der Waals surface area contributed by atoms with Gasteiger partial charge in [-0.1, -0.05) is 0 Å². The minimum absolute atomic E-state index is 0.442. The highest BCUT2D eigenvalue weighted by Gasteiger charge is 2.22. The van der Waals surface area contributed by atoms with Gasteiger partial charge in [-0.15, -0.1) is 0 Å². The summed E-state index contributed by atoms with van der Waals surface area (Å²) in [5, 5.41) is 0. The highest BCUT2D eigenvalue weighted by molar-refractivity contribution is 5.78. The van der Waals surface area contributed by atoms with E-state index in [1.54, 1.807) is 7.11 Å². The van der Waals surface area contributed by atoms with E-state index < -0.39 is 5.54 Å². The zero-order chi connectivity index (χ0) is 12.6. The van der Waals surface area contributed by atoms with E-state index >= 15 is 0 Å². The molecule has 0 bridgehead atoms. The first kappa shape index (κ1) is 11.9. The van der Waals surface area contributed by atoms with Crippen LogP contribution in [-0.2, 0) is 12.1 Å². The smallest absolute Gasteiger partial charge is 0.129 e. The van der Waals surface area contributed by atoms with Gasteiger partial charge in [-0.3, -0.25) is 0 Å². The maximum absolute atomic E-state index is 6.15. The Balaban J connectivity index is 2.70. The number of hydrogen-bond donors (Lipinski definition) is 1. The van der Waals surface area contributed by atoms with Crippen LogP contribution < -0.4 is 10.5 Å². The number of aromatic nitrogens is 2. The monoisotopic (exact) mass is 233 g/mol. The first-order valence-corrected chi connectivity index (χ1v) is 5.81. The Morgan fingerprint density at radius 2 is 2.12 bits per heavy atom. The quantitative estimate of drug-likeness (QED) is 0.884. The van der Waals surface area contributed by atoms with Gasteiger partial charge in [0.25, 0.3) is 0 Å². The van der Waals surface area contributed by atoms with Crippen molar-refractivity contribution >= 4 is 11.0 Å². The molecule has 0 spiro atoms. The molecule has 1 heterocycles. The summed E-state index contributed by atoms with van der Waals surface area (Å²) in [5.41, 5.74) is 7.74. The van der Waals surface area contributed by atoms with Crippen molar-refractivity contribution in [2.24, 2.45) is 5.73 Å². The van der Waals surface area contributed by atoms with Crippen molar-refractivity contribution in [1.82, 2.24) is 9.55 Å². The van der Waals surface area contributed by atoms with E-state index in [0.717, 1.165) is 29.2 Å². The summed E-state index contributed by atoms with van der Waals surface area (Å²) in [6.07, 6.45) is 0. The molecule has 0 atom stereocenters. The molecular formula is C13H19N3O. The third-order valence-corrected chi connectivity index (χ3v) is 2.85. The molecule has 1 aromatic carbocycles. The van der Waals surface area contributed by atoms with Crippen molar-refractivity contribution < 1.29 is 4.74 Å². The van der Waals surface area contributed by atoms with Gasteiger partial charge < -0.3 is 15.0 Å². The Bertz CT molecular complexity index is 537. The van der Waals surface area contributed by atoms with Gasteiger partial charge in [0.2, 0.25) is 0 Å². The minimum Gasteiger partial charge on any atom is -0.497 e. The molecular weight excluding hydrogens is 214 g/mol. The summed E-state index contributed by atoms with van der Waals surface area (Å²) in [5.74, 6) is 1.72. The van der Waals surface area contributed by atoms with E-state index in [1.165, 1.54) is 0 Å². The molecule has 17 heavy (non-hydrogen) atoms. The van der Waals surface area contributed by atoms with Crippen molar-refractivity contribution in [2.75, 3.05) is 7.11 Å². The zero-order valence-corrected chi connectivity index (χ0v) is 10.8. The second-order valence-electron chi connectivity index (χ2n) is 4.76. The number of rotatable bonds is 3. The fraction of sp³-hybridized carbons (Fsp3) is 0.462. The molecule has 92 valence electrons. The van der Waals surface area contributed by atoms with E-state index in [9.17, 15) is 0 Å². The van der Waals surface area contributed by atoms with Crippen molar-refractivity contribution in [3.05, 3.63) is 24.0 Å². The normalized spacial score (nSPS) is 12.1. The molecule has 0 unspecified atom stereocenters. The molecule has 0 aliphatic rings. The SMILES string of the molecule is CCn1c(C(C)(C)N)nc2cc(OC)ccc21. The molecule has 0 aliphatic carbocycles. The van der Waals surface area contributed by atoms with Gasteiger partial charge in [0.15, 0.2) is 0 Å². The topological polar surface area (TPSA) is 53.1 Å². The van der Waals surface area contributed by atoms with Crippen LogP contribution in [0.4, 0.5) is 0 Å². The number of imidazole rings is 1. The standard InChI is InChI=1S/C13H19N3O/c1-5-16-11-7-6-9(17-4)8-10(11)15-12(16)13(2,3)14/h6-8H,5,14H2,1-4H3. The van der Waals surface area contributed by atoms with Gasteiger partial charge in [-0.05, 0) is 32.9 Å². The third kappa shape index (κ3) is 2.00. The third-order valence-electron chi connectivity index (χ3n) is 2.85.